The first-order chi connectivity index (χ1) is 3.15. The predicted molar refractivity (Wildman–Crippen MR) is 27.0 cm³/mol. The summed E-state index contributed by atoms with van der Waals surface area (Å²) in [7, 11) is 0. The average Bonchev–Trinajstić information content (AvgIpc) is 1.33. The summed E-state index contributed by atoms with van der Waals surface area (Å²) in [6.45, 7) is 0. The van der Waals surface area contributed by atoms with Gasteiger partial charge in [0.1, 0.15) is 0 Å². The van der Waals surface area contributed by atoms with Crippen LogP contribution in [0.4, 0.5) is 4.79 Å². The molecule has 0 bridgehead atoms. The molecule has 0 aliphatic rings. The molecule has 0 radical (unpaired) electrons. The molecule has 0 aliphatic heterocycles. The number of hydrogen-bond donors (Lipinski definition) is 3. The molecule has 0 heterocycles. The topological polar surface area (TPSA) is 116 Å². The van der Waals surface area contributed by atoms with Gasteiger partial charge in [0.15, 0.2) is 0 Å². The standard InChI is InChI=1S/CN.CH2O3.K.H3N/c1-2;2-1(3)4;;/h;(H2,2,3,4);;1H3. The molecule has 0 unspecified atom stereocenters. The average molecular weight is 144 g/mol. The Hall–Kier alpha value is 0.356. The van der Waals surface area contributed by atoms with E-state index in [0.29, 0.717) is 49.0 Å². The maximum atomic E-state index is 8.56. The van der Waals surface area contributed by atoms with Crippen LogP contribution in [0.25, 0.3) is 0 Å². The fourth-order valence-corrected chi connectivity index (χ4v) is 0. The van der Waals surface area contributed by atoms with Crippen LogP contribution in [0.5, 0.6) is 0 Å². The van der Waals surface area contributed by atoms with Gasteiger partial charge in [-0.3, -0.25) is 0 Å². The minimum Gasteiger partial charge on any atom is -0.450 e. The van der Waals surface area contributed by atoms with Crippen molar-refractivity contribution in [3.05, 3.63) is 0 Å². The monoisotopic (exact) mass is 144 g/mol. The van der Waals surface area contributed by atoms with Crippen LogP contribution in [0.15, 0.2) is 0 Å². The van der Waals surface area contributed by atoms with E-state index in [9.17, 15) is 0 Å². The first-order valence-corrected chi connectivity index (χ1v) is 2.94. The van der Waals surface area contributed by atoms with Crippen molar-refractivity contribution >= 4 is 55.1 Å². The second-order valence-corrected chi connectivity index (χ2v) is 1.20. The molecule has 0 aromatic rings. The van der Waals surface area contributed by atoms with Crippen LogP contribution in [0.1, 0.15) is 0 Å². The van der Waals surface area contributed by atoms with Gasteiger partial charge in [0.25, 0.3) is 0 Å². The molecule has 0 spiro atoms. The van der Waals surface area contributed by atoms with E-state index in [0.717, 1.165) is 0 Å². The molecule has 0 saturated heterocycles. The normalized spacial score (nSPS) is 4.12. The van der Waals surface area contributed by atoms with Crippen LogP contribution in [-0.4, -0.2) is 65.3 Å². The van der Waals surface area contributed by atoms with Gasteiger partial charge in [0.05, 0.1) is 0 Å². The number of hydrogen-bond acceptors (Lipinski definition) is 3. The first kappa shape index (κ1) is 15.8. The summed E-state index contributed by atoms with van der Waals surface area (Å²) in [5.41, 5.74) is 0. The van der Waals surface area contributed by atoms with Gasteiger partial charge < -0.3 is 16.4 Å². The Morgan fingerprint density at radius 2 is 1.62 bits per heavy atom. The van der Waals surface area contributed by atoms with Gasteiger partial charge in [-0.1, -0.05) is 0 Å². The van der Waals surface area contributed by atoms with Crippen molar-refractivity contribution in [1.29, 1.82) is 5.26 Å². The van der Waals surface area contributed by atoms with Gasteiger partial charge in [-0.2, -0.15) is 0 Å². The van der Waals surface area contributed by atoms with Crippen LogP contribution in [0, 0.1) is 5.43 Å². The molecule has 0 atom stereocenters. The van der Waals surface area contributed by atoms with E-state index in [2.05, 4.69) is 0 Å². The quantitative estimate of drug-likeness (QED) is 0.414. The maximum Gasteiger partial charge on any atom is 0.503 e. The number of carboxylic acid groups (broad SMARTS) is 2. The summed E-state index contributed by atoms with van der Waals surface area (Å²) >= 11 is 0.410. The number of nitriles is 1. The van der Waals surface area contributed by atoms with Gasteiger partial charge in [0, 0.05) is 0 Å². The third-order valence-corrected chi connectivity index (χ3v) is 0. The molecule has 0 amide bonds. The van der Waals surface area contributed by atoms with E-state index in [4.69, 9.17) is 20.3 Å². The van der Waals surface area contributed by atoms with Crippen molar-refractivity contribution in [2.45, 2.75) is 0 Å². The van der Waals surface area contributed by atoms with E-state index in [-0.39, 0.29) is 6.15 Å². The van der Waals surface area contributed by atoms with E-state index < -0.39 is 6.16 Å². The zero-order valence-corrected chi connectivity index (χ0v) is 7.58. The van der Waals surface area contributed by atoms with Crippen molar-refractivity contribution in [2.75, 3.05) is 0 Å². The maximum absolute atomic E-state index is 8.56. The van der Waals surface area contributed by atoms with Gasteiger partial charge in [-0.25, -0.2) is 4.79 Å². The summed E-state index contributed by atoms with van der Waals surface area (Å²) in [5.74, 6) is 0. The third-order valence-electron chi connectivity index (χ3n) is 0. The third kappa shape index (κ3) is 1440. The Bertz CT molecular complexity index is 83.8. The SMILES string of the molecule is N.N#[C][K].O=C(O)O. The largest absolute Gasteiger partial charge is 0.503 e. The molecule has 0 saturated carbocycles. The van der Waals surface area contributed by atoms with Crippen molar-refractivity contribution in [3.8, 4) is 0.164 Å². The van der Waals surface area contributed by atoms with E-state index >= 15 is 0 Å². The zero-order chi connectivity index (χ0) is 6.28. The van der Waals surface area contributed by atoms with Crippen LogP contribution in [0.2, 0.25) is 0 Å². The second kappa shape index (κ2) is 15.7. The Balaban J connectivity index is -0.0000000575. The van der Waals surface area contributed by atoms with Gasteiger partial charge in [0.2, 0.25) is 0 Å². The molecular formula is C2H5KN2O3. The summed E-state index contributed by atoms with van der Waals surface area (Å²) < 4.78 is 1.94. The van der Waals surface area contributed by atoms with Crippen molar-refractivity contribution < 1.29 is 15.0 Å². The second-order valence-electron chi connectivity index (χ2n) is 0.506. The van der Waals surface area contributed by atoms with Crippen LogP contribution < -0.4 is 6.15 Å². The molecule has 8 heavy (non-hydrogen) atoms. The Morgan fingerprint density at radius 3 is 1.62 bits per heavy atom. The Kier molecular flexibility index (Phi) is 30.9. The van der Waals surface area contributed by atoms with Gasteiger partial charge >= 0.3 is 60.5 Å². The minimum absolute atomic E-state index is 0. The summed E-state index contributed by atoms with van der Waals surface area (Å²) in [5, 5.41) is 21.3. The molecule has 5 nitrogen and oxygen atoms in total. The summed E-state index contributed by atoms with van der Waals surface area (Å²) in [6.07, 6.45) is -1.83. The predicted octanol–water partition coefficient (Wildman–Crippen LogP) is 0.0204. The van der Waals surface area contributed by atoms with Crippen LogP contribution in [0.3, 0.4) is 0 Å². The first-order valence-electron chi connectivity index (χ1n) is 1.37. The molecule has 0 rings (SSSR count). The fraction of sp³-hybridized carbons (Fsp3) is 0. The Morgan fingerprint density at radius 1 is 1.62 bits per heavy atom. The van der Waals surface area contributed by atoms with E-state index in [1.165, 1.54) is 0 Å². The summed E-state index contributed by atoms with van der Waals surface area (Å²) in [6, 6.07) is 0. The van der Waals surface area contributed by atoms with Crippen LogP contribution in [-0.2, 0) is 0 Å². The smallest absolute Gasteiger partial charge is 0.450 e. The van der Waals surface area contributed by atoms with Gasteiger partial charge in [-0.15, -0.1) is 0 Å². The van der Waals surface area contributed by atoms with E-state index in [1.54, 1.807) is 0 Å². The van der Waals surface area contributed by atoms with Crippen molar-refractivity contribution in [2.24, 2.45) is 0 Å². The molecule has 6 heteroatoms. The molecule has 0 aliphatic carbocycles. The summed E-state index contributed by atoms with van der Waals surface area (Å²) in [4.78, 5) is 8.56. The molecule has 5 N–H and O–H groups in total. The number of carbonyl (C=O) groups is 1. The molecule has 0 aromatic heterocycles. The number of nitrogens with zero attached hydrogens (tertiary/aromatic N) is 1. The van der Waals surface area contributed by atoms with E-state index in [1.807, 2.05) is 0.164 Å². The van der Waals surface area contributed by atoms with Crippen molar-refractivity contribution in [1.82, 2.24) is 6.15 Å². The minimum atomic E-state index is -1.83. The number of rotatable bonds is 0. The molecular weight excluding hydrogens is 139 g/mol. The molecule has 42 valence electrons. The van der Waals surface area contributed by atoms with Gasteiger partial charge in [-0.05, 0) is 0 Å². The molecule has 0 fully saturated rings. The van der Waals surface area contributed by atoms with Crippen molar-refractivity contribution in [3.63, 3.8) is 0 Å². The molecule has 0 aromatic carbocycles. The van der Waals surface area contributed by atoms with Crippen LogP contribution >= 0.6 is 0 Å². The fourth-order valence-electron chi connectivity index (χ4n) is 0. The zero-order valence-electron chi connectivity index (χ0n) is 4.46. The Labute approximate surface area is 80.5 Å².